The molecule has 1 heterocycles. The van der Waals surface area contributed by atoms with Gasteiger partial charge < -0.3 is 15.4 Å². The fraction of sp³-hybridized carbons (Fsp3) is 0.632. The van der Waals surface area contributed by atoms with Crippen LogP contribution in [0.15, 0.2) is 30.3 Å². The molecule has 2 rings (SSSR count). The molecule has 4 nitrogen and oxygen atoms in total. The summed E-state index contributed by atoms with van der Waals surface area (Å²) in [6.07, 6.45) is 1.75. The molecule has 1 aromatic rings. The number of hydrogen-bond acceptors (Lipinski definition) is 3. The molecule has 0 saturated carbocycles. The smallest absolute Gasteiger partial charge is 0.240 e. The second kappa shape index (κ2) is 9.40. The van der Waals surface area contributed by atoms with Crippen LogP contribution in [0.1, 0.15) is 39.2 Å². The Morgan fingerprint density at radius 2 is 1.83 bits per heavy atom. The summed E-state index contributed by atoms with van der Waals surface area (Å²) in [6, 6.07) is 9.70. The number of amides is 1. The topological polar surface area (TPSA) is 55.6 Å². The minimum Gasteiger partial charge on any atom is -0.381 e. The van der Waals surface area contributed by atoms with E-state index in [0.29, 0.717) is 26.3 Å². The molecule has 1 aromatic carbocycles. The summed E-state index contributed by atoms with van der Waals surface area (Å²) in [7, 11) is 0. The van der Waals surface area contributed by atoms with Gasteiger partial charge in [0.25, 0.3) is 0 Å². The molecule has 0 aliphatic carbocycles. The van der Waals surface area contributed by atoms with Gasteiger partial charge in [-0.3, -0.25) is 4.79 Å². The van der Waals surface area contributed by atoms with Gasteiger partial charge in [-0.15, -0.1) is 12.4 Å². The number of nitrogens with two attached hydrogens (primary N) is 1. The van der Waals surface area contributed by atoms with E-state index in [4.69, 9.17) is 10.5 Å². The summed E-state index contributed by atoms with van der Waals surface area (Å²) in [4.78, 5) is 14.9. The average Bonchev–Trinajstić information content (AvgIpc) is 2.53. The number of halogens is 1. The highest BCUT2D eigenvalue weighted by Gasteiger charge is 2.31. The van der Waals surface area contributed by atoms with Crippen molar-refractivity contribution >= 4 is 18.3 Å². The Morgan fingerprint density at radius 3 is 2.38 bits per heavy atom. The molecule has 136 valence electrons. The van der Waals surface area contributed by atoms with E-state index in [2.05, 4.69) is 32.9 Å². The zero-order valence-electron chi connectivity index (χ0n) is 15.0. The van der Waals surface area contributed by atoms with Gasteiger partial charge in [0.15, 0.2) is 0 Å². The summed E-state index contributed by atoms with van der Waals surface area (Å²) in [5, 5.41) is 0. The Labute approximate surface area is 152 Å². The molecular weight excluding hydrogens is 324 g/mol. The van der Waals surface area contributed by atoms with Crippen molar-refractivity contribution in [2.75, 3.05) is 19.8 Å². The van der Waals surface area contributed by atoms with Gasteiger partial charge >= 0.3 is 0 Å². The Balaban J connectivity index is 0.00000288. The Bertz CT molecular complexity index is 496. The molecule has 5 heteroatoms. The highest BCUT2D eigenvalue weighted by molar-refractivity contribution is 5.85. The van der Waals surface area contributed by atoms with Gasteiger partial charge in [0.2, 0.25) is 5.91 Å². The molecule has 0 radical (unpaired) electrons. The van der Waals surface area contributed by atoms with Crippen LogP contribution in [0.3, 0.4) is 0 Å². The molecule has 2 N–H and O–H groups in total. The molecular formula is C19H31ClN2O2. The van der Waals surface area contributed by atoms with Crippen LogP contribution in [-0.2, 0) is 16.1 Å². The molecule has 24 heavy (non-hydrogen) atoms. The van der Waals surface area contributed by atoms with E-state index < -0.39 is 6.04 Å². The van der Waals surface area contributed by atoms with Gasteiger partial charge in [-0.1, -0.05) is 51.1 Å². The Hall–Kier alpha value is -1.10. The predicted molar refractivity (Wildman–Crippen MR) is 100 cm³/mol. The van der Waals surface area contributed by atoms with Crippen molar-refractivity contribution in [2.24, 2.45) is 17.1 Å². The Morgan fingerprint density at radius 1 is 1.25 bits per heavy atom. The number of ether oxygens (including phenoxy) is 1. The number of benzene rings is 1. The first-order valence-corrected chi connectivity index (χ1v) is 8.53. The van der Waals surface area contributed by atoms with Crippen molar-refractivity contribution < 1.29 is 9.53 Å². The van der Waals surface area contributed by atoms with E-state index in [1.165, 1.54) is 0 Å². The summed E-state index contributed by atoms with van der Waals surface area (Å²) >= 11 is 0. The molecule has 0 aromatic heterocycles. The summed E-state index contributed by atoms with van der Waals surface area (Å²) in [5.41, 5.74) is 7.50. The first-order chi connectivity index (χ1) is 10.9. The van der Waals surface area contributed by atoms with Gasteiger partial charge in [-0.2, -0.15) is 0 Å². The number of nitrogens with zero attached hydrogens (tertiary/aromatic N) is 1. The SMILES string of the molecule is CC(C)(C)CN(Cc1ccccc1)C(=O)C(N)C1CCOCC1.Cl. The van der Waals surface area contributed by atoms with E-state index in [-0.39, 0.29) is 29.6 Å². The molecule has 0 bridgehead atoms. The lowest BCUT2D eigenvalue weighted by atomic mass is 9.90. The number of carbonyl (C=O) groups is 1. The zero-order chi connectivity index (χ0) is 16.9. The van der Waals surface area contributed by atoms with E-state index >= 15 is 0 Å². The number of carbonyl (C=O) groups excluding carboxylic acids is 1. The van der Waals surface area contributed by atoms with Crippen LogP contribution in [0.2, 0.25) is 0 Å². The molecule has 1 atom stereocenters. The third-order valence-electron chi connectivity index (χ3n) is 4.25. The lowest BCUT2D eigenvalue weighted by molar-refractivity contribution is -0.136. The first-order valence-electron chi connectivity index (χ1n) is 8.53. The molecule has 1 aliphatic rings. The third-order valence-corrected chi connectivity index (χ3v) is 4.25. The minimum absolute atomic E-state index is 0. The lowest BCUT2D eigenvalue weighted by Gasteiger charge is -2.35. The van der Waals surface area contributed by atoms with Crippen molar-refractivity contribution in [3.05, 3.63) is 35.9 Å². The fourth-order valence-electron chi connectivity index (χ4n) is 3.08. The van der Waals surface area contributed by atoms with Gasteiger partial charge in [0.1, 0.15) is 0 Å². The van der Waals surface area contributed by atoms with Crippen LogP contribution in [0.25, 0.3) is 0 Å². The number of rotatable bonds is 5. The highest BCUT2D eigenvalue weighted by Crippen LogP contribution is 2.22. The minimum atomic E-state index is -0.426. The van der Waals surface area contributed by atoms with Crippen LogP contribution in [0, 0.1) is 11.3 Å². The molecule has 1 saturated heterocycles. The van der Waals surface area contributed by atoms with Gasteiger partial charge in [-0.05, 0) is 29.7 Å². The molecule has 1 fully saturated rings. The van der Waals surface area contributed by atoms with Crippen LogP contribution < -0.4 is 5.73 Å². The standard InChI is InChI=1S/C19H30N2O2.ClH/c1-19(2,3)14-21(13-15-7-5-4-6-8-15)18(22)17(20)16-9-11-23-12-10-16;/h4-8,16-17H,9-14,20H2,1-3H3;1H. The second-order valence-corrected chi connectivity index (χ2v) is 7.72. The van der Waals surface area contributed by atoms with Crippen molar-refractivity contribution in [3.8, 4) is 0 Å². The summed E-state index contributed by atoms with van der Waals surface area (Å²) in [5.74, 6) is 0.296. The van der Waals surface area contributed by atoms with Crippen molar-refractivity contribution in [1.82, 2.24) is 4.90 Å². The molecule has 0 spiro atoms. The predicted octanol–water partition coefficient (Wildman–Crippen LogP) is 3.24. The normalized spacial score (nSPS) is 17.0. The highest BCUT2D eigenvalue weighted by atomic mass is 35.5. The van der Waals surface area contributed by atoms with E-state index in [1.807, 2.05) is 23.1 Å². The van der Waals surface area contributed by atoms with Gasteiger partial charge in [0.05, 0.1) is 6.04 Å². The maximum Gasteiger partial charge on any atom is 0.240 e. The summed E-state index contributed by atoms with van der Waals surface area (Å²) < 4.78 is 5.39. The largest absolute Gasteiger partial charge is 0.381 e. The van der Waals surface area contributed by atoms with Crippen molar-refractivity contribution in [3.63, 3.8) is 0 Å². The monoisotopic (exact) mass is 354 g/mol. The van der Waals surface area contributed by atoms with Crippen molar-refractivity contribution in [2.45, 2.75) is 46.2 Å². The maximum absolute atomic E-state index is 13.0. The average molecular weight is 355 g/mol. The maximum atomic E-state index is 13.0. The first kappa shape index (κ1) is 20.9. The molecule has 1 aliphatic heterocycles. The van der Waals surface area contributed by atoms with E-state index in [9.17, 15) is 4.79 Å². The fourth-order valence-corrected chi connectivity index (χ4v) is 3.08. The third kappa shape index (κ3) is 6.42. The van der Waals surface area contributed by atoms with Gasteiger partial charge in [-0.25, -0.2) is 0 Å². The molecule has 1 amide bonds. The quantitative estimate of drug-likeness (QED) is 0.883. The lowest BCUT2D eigenvalue weighted by Crippen LogP contribution is -2.50. The zero-order valence-corrected chi connectivity index (χ0v) is 15.8. The van der Waals surface area contributed by atoms with Crippen LogP contribution in [-0.4, -0.2) is 36.6 Å². The van der Waals surface area contributed by atoms with E-state index in [0.717, 1.165) is 18.4 Å². The van der Waals surface area contributed by atoms with Gasteiger partial charge in [0, 0.05) is 26.3 Å². The van der Waals surface area contributed by atoms with E-state index in [1.54, 1.807) is 0 Å². The van der Waals surface area contributed by atoms with Crippen LogP contribution in [0.4, 0.5) is 0 Å². The van der Waals surface area contributed by atoms with Crippen molar-refractivity contribution in [1.29, 1.82) is 0 Å². The summed E-state index contributed by atoms with van der Waals surface area (Å²) in [6.45, 7) is 9.20. The number of hydrogen-bond donors (Lipinski definition) is 1. The van der Waals surface area contributed by atoms with Crippen LogP contribution >= 0.6 is 12.4 Å². The second-order valence-electron chi connectivity index (χ2n) is 7.72. The molecule has 1 unspecified atom stereocenters. The van der Waals surface area contributed by atoms with Crippen LogP contribution in [0.5, 0.6) is 0 Å². The Kier molecular flexibility index (Phi) is 8.20.